The van der Waals surface area contributed by atoms with E-state index in [2.05, 4.69) is 77.7 Å². The Balaban J connectivity index is 1.91. The van der Waals surface area contributed by atoms with Crippen molar-refractivity contribution in [3.05, 3.63) is 24.8 Å². The van der Waals surface area contributed by atoms with E-state index >= 15 is 0 Å². The van der Waals surface area contributed by atoms with E-state index in [-0.39, 0.29) is 16.2 Å². The summed E-state index contributed by atoms with van der Waals surface area (Å²) in [6, 6.07) is 1.94. The number of fused-ring (bicyclic) bond motifs is 1. The van der Waals surface area contributed by atoms with Crippen molar-refractivity contribution in [2.45, 2.75) is 102 Å². The standard InChI is InChI=1S/C23H41N3O4Si2/c1-22(2,3)31(7,8)28-14-17-19(30-32(9,10)23(4,5)6)18(27)21(29-17)26-12-11-16-13-24-15-25-20(16)26/h11-13,15,17-19,21,27H,14H2,1-10H3/t17-,18-,19-,21?/m1/s1. The fourth-order valence-corrected chi connectivity index (χ4v) is 5.70. The molecule has 1 N–H and O–H groups in total. The lowest BCUT2D eigenvalue weighted by Gasteiger charge is -2.41. The Kier molecular flexibility index (Phi) is 6.85. The topological polar surface area (TPSA) is 78.6 Å². The maximum Gasteiger partial charge on any atom is 0.192 e. The van der Waals surface area contributed by atoms with E-state index in [1.165, 1.54) is 6.33 Å². The number of aromatic nitrogens is 3. The lowest BCUT2D eigenvalue weighted by molar-refractivity contribution is -0.0485. The fourth-order valence-electron chi connectivity index (χ4n) is 3.36. The van der Waals surface area contributed by atoms with Crippen LogP contribution in [0, 0.1) is 0 Å². The van der Waals surface area contributed by atoms with Gasteiger partial charge in [-0.15, -0.1) is 0 Å². The van der Waals surface area contributed by atoms with Gasteiger partial charge in [-0.05, 0) is 42.3 Å². The summed E-state index contributed by atoms with van der Waals surface area (Å²) in [5.41, 5.74) is 0.737. The van der Waals surface area contributed by atoms with Crippen molar-refractivity contribution >= 4 is 27.7 Å². The molecule has 0 bridgehead atoms. The molecule has 0 radical (unpaired) electrons. The second-order valence-corrected chi connectivity index (χ2v) is 21.6. The normalized spacial score (nSPS) is 25.6. The summed E-state index contributed by atoms with van der Waals surface area (Å²) < 4.78 is 21.6. The van der Waals surface area contributed by atoms with Gasteiger partial charge in [-0.1, -0.05) is 41.5 Å². The number of hydrogen-bond donors (Lipinski definition) is 1. The van der Waals surface area contributed by atoms with Gasteiger partial charge in [-0.25, -0.2) is 9.97 Å². The zero-order valence-electron chi connectivity index (χ0n) is 21.3. The molecule has 180 valence electrons. The quantitative estimate of drug-likeness (QED) is 0.581. The molecule has 2 aromatic rings. The van der Waals surface area contributed by atoms with Gasteiger partial charge >= 0.3 is 0 Å². The molecule has 2 aromatic heterocycles. The third-order valence-corrected chi connectivity index (χ3v) is 16.6. The molecule has 7 nitrogen and oxygen atoms in total. The summed E-state index contributed by atoms with van der Waals surface area (Å²) in [6.45, 7) is 22.6. The number of nitrogens with zero attached hydrogens (tertiary/aromatic N) is 3. The molecule has 0 aromatic carbocycles. The van der Waals surface area contributed by atoms with E-state index in [9.17, 15) is 5.11 Å². The predicted molar refractivity (Wildman–Crippen MR) is 133 cm³/mol. The van der Waals surface area contributed by atoms with E-state index in [4.69, 9.17) is 13.6 Å². The van der Waals surface area contributed by atoms with Gasteiger partial charge in [-0.2, -0.15) is 0 Å². The van der Waals surface area contributed by atoms with Gasteiger partial charge in [0.2, 0.25) is 0 Å². The van der Waals surface area contributed by atoms with E-state index in [0.29, 0.717) is 6.61 Å². The molecule has 1 aliphatic rings. The Bertz CT molecular complexity index is 933. The van der Waals surface area contributed by atoms with Crippen LogP contribution >= 0.6 is 0 Å². The van der Waals surface area contributed by atoms with Crippen molar-refractivity contribution in [1.29, 1.82) is 0 Å². The van der Waals surface area contributed by atoms with Crippen LogP contribution in [0.1, 0.15) is 47.8 Å². The third kappa shape index (κ3) is 4.88. The van der Waals surface area contributed by atoms with Crippen LogP contribution in [0.25, 0.3) is 11.0 Å². The third-order valence-electron chi connectivity index (χ3n) is 7.61. The van der Waals surface area contributed by atoms with Crippen LogP contribution in [0.4, 0.5) is 0 Å². The van der Waals surface area contributed by atoms with Crippen molar-refractivity contribution in [2.24, 2.45) is 0 Å². The second kappa shape index (κ2) is 8.59. The summed E-state index contributed by atoms with van der Waals surface area (Å²) in [5.74, 6) is 0. The van der Waals surface area contributed by atoms with Crippen molar-refractivity contribution in [3.8, 4) is 0 Å². The highest BCUT2D eigenvalue weighted by atomic mass is 28.4. The van der Waals surface area contributed by atoms with Gasteiger partial charge in [0.05, 0.1) is 6.61 Å². The van der Waals surface area contributed by atoms with E-state index in [1.54, 1.807) is 6.20 Å². The molecule has 3 heterocycles. The molecule has 0 amide bonds. The molecule has 32 heavy (non-hydrogen) atoms. The van der Waals surface area contributed by atoms with Crippen LogP contribution in [0.2, 0.25) is 36.3 Å². The molecule has 1 aliphatic heterocycles. The SMILES string of the molecule is CC(C)(C)[Si](C)(C)OC[C@H]1OC(n2ccc3cncnc32)[C@H](O)[C@@H]1O[Si](C)(C)C(C)(C)C. The highest BCUT2D eigenvalue weighted by molar-refractivity contribution is 6.74. The van der Waals surface area contributed by atoms with Crippen molar-refractivity contribution < 1.29 is 18.7 Å². The number of aliphatic hydroxyl groups is 1. The molecule has 3 rings (SSSR count). The summed E-state index contributed by atoms with van der Waals surface area (Å²) in [4.78, 5) is 8.50. The molecule has 9 heteroatoms. The Morgan fingerprint density at radius 3 is 2.28 bits per heavy atom. The van der Waals surface area contributed by atoms with Gasteiger partial charge in [0.25, 0.3) is 0 Å². The average molecular weight is 480 g/mol. The molecule has 0 aliphatic carbocycles. The minimum absolute atomic E-state index is 0.0169. The van der Waals surface area contributed by atoms with Gasteiger partial charge < -0.3 is 23.3 Å². The molecule has 0 spiro atoms. The van der Waals surface area contributed by atoms with E-state index < -0.39 is 35.1 Å². The lowest BCUT2D eigenvalue weighted by atomic mass is 10.1. The van der Waals surface area contributed by atoms with Gasteiger partial charge in [-0.3, -0.25) is 0 Å². The minimum Gasteiger partial charge on any atom is -0.414 e. The first-order valence-electron chi connectivity index (χ1n) is 11.5. The fraction of sp³-hybridized carbons (Fsp3) is 0.739. The van der Waals surface area contributed by atoms with Gasteiger partial charge in [0.1, 0.15) is 30.3 Å². The largest absolute Gasteiger partial charge is 0.414 e. The maximum atomic E-state index is 11.4. The predicted octanol–water partition coefficient (Wildman–Crippen LogP) is 5.10. The van der Waals surface area contributed by atoms with Crippen molar-refractivity contribution in [1.82, 2.24) is 14.5 Å². The molecular weight excluding hydrogens is 438 g/mol. The molecule has 1 unspecified atom stereocenters. The Morgan fingerprint density at radius 1 is 1.06 bits per heavy atom. The first-order valence-corrected chi connectivity index (χ1v) is 17.3. The maximum absolute atomic E-state index is 11.4. The smallest absolute Gasteiger partial charge is 0.192 e. The van der Waals surface area contributed by atoms with E-state index in [1.807, 2.05) is 16.8 Å². The zero-order chi connectivity index (χ0) is 24.1. The number of aliphatic hydroxyl groups excluding tert-OH is 1. The summed E-state index contributed by atoms with van der Waals surface area (Å²) >= 11 is 0. The van der Waals surface area contributed by atoms with Gasteiger partial charge in [0, 0.05) is 17.8 Å². The monoisotopic (exact) mass is 479 g/mol. The molecule has 1 fully saturated rings. The molecular formula is C23H41N3O4Si2. The van der Waals surface area contributed by atoms with Crippen LogP contribution in [-0.4, -0.2) is 61.2 Å². The number of ether oxygens (including phenoxy) is 1. The number of rotatable bonds is 6. The first kappa shape index (κ1) is 25.5. The second-order valence-electron chi connectivity index (χ2n) is 12.0. The Labute approximate surface area is 194 Å². The summed E-state index contributed by atoms with van der Waals surface area (Å²) in [6.07, 6.45) is 2.92. The summed E-state index contributed by atoms with van der Waals surface area (Å²) in [5, 5.41) is 12.4. The van der Waals surface area contributed by atoms with E-state index in [0.717, 1.165) is 11.0 Å². The highest BCUT2D eigenvalue weighted by Crippen LogP contribution is 2.43. The molecule has 0 saturated carbocycles. The van der Waals surface area contributed by atoms with Crippen LogP contribution < -0.4 is 0 Å². The Hall–Kier alpha value is -1.11. The zero-order valence-corrected chi connectivity index (χ0v) is 23.3. The van der Waals surface area contributed by atoms with Crippen molar-refractivity contribution in [3.63, 3.8) is 0 Å². The minimum atomic E-state index is -2.15. The van der Waals surface area contributed by atoms with Crippen molar-refractivity contribution in [2.75, 3.05) is 6.61 Å². The average Bonchev–Trinajstić information content (AvgIpc) is 3.20. The lowest BCUT2D eigenvalue weighted by Crippen LogP contribution is -2.51. The van der Waals surface area contributed by atoms with Crippen LogP contribution in [0.5, 0.6) is 0 Å². The summed E-state index contributed by atoms with van der Waals surface area (Å²) in [7, 11) is -4.14. The van der Waals surface area contributed by atoms with Crippen LogP contribution in [0.3, 0.4) is 0 Å². The molecule has 1 saturated heterocycles. The van der Waals surface area contributed by atoms with Crippen LogP contribution in [-0.2, 0) is 13.6 Å². The highest BCUT2D eigenvalue weighted by Gasteiger charge is 2.51. The first-order chi connectivity index (χ1) is 14.6. The molecule has 4 atom stereocenters. The van der Waals surface area contributed by atoms with Gasteiger partial charge in [0.15, 0.2) is 22.9 Å². The van der Waals surface area contributed by atoms with Crippen LogP contribution in [0.15, 0.2) is 24.8 Å². The number of hydrogen-bond acceptors (Lipinski definition) is 6. The Morgan fingerprint density at radius 2 is 1.69 bits per heavy atom.